The number of likely N-dealkylation sites (tertiary alicyclic amines) is 1. The van der Waals surface area contributed by atoms with Gasteiger partial charge in [0.2, 0.25) is 17.7 Å². The third-order valence-corrected chi connectivity index (χ3v) is 5.91. The van der Waals surface area contributed by atoms with Gasteiger partial charge in [-0.2, -0.15) is 0 Å². The lowest BCUT2D eigenvalue weighted by atomic mass is 9.82. The molecule has 0 aromatic heterocycles. The second kappa shape index (κ2) is 10.8. The summed E-state index contributed by atoms with van der Waals surface area (Å²) >= 11 is 0. The van der Waals surface area contributed by atoms with Crippen molar-refractivity contribution in [2.24, 2.45) is 5.92 Å². The molecule has 1 aliphatic heterocycles. The van der Waals surface area contributed by atoms with Crippen molar-refractivity contribution >= 4 is 23.4 Å². The molecule has 3 rings (SSSR count). The van der Waals surface area contributed by atoms with Crippen LogP contribution in [0.15, 0.2) is 54.6 Å². The van der Waals surface area contributed by atoms with Gasteiger partial charge in [0.15, 0.2) is 0 Å². The van der Waals surface area contributed by atoms with Crippen molar-refractivity contribution in [1.82, 2.24) is 10.4 Å². The zero-order valence-corrected chi connectivity index (χ0v) is 18.3. The first-order valence-electron chi connectivity index (χ1n) is 10.7. The maximum Gasteiger partial charge on any atom is 0.247 e. The number of carbonyl (C=O) groups excluding carboxylic acids is 3. The van der Waals surface area contributed by atoms with E-state index in [1.807, 2.05) is 18.2 Å². The summed E-state index contributed by atoms with van der Waals surface area (Å²) in [6.45, 7) is 2.21. The number of benzene rings is 2. The van der Waals surface area contributed by atoms with Crippen molar-refractivity contribution in [3.8, 4) is 5.75 Å². The Morgan fingerprint density at radius 3 is 2.41 bits per heavy atom. The van der Waals surface area contributed by atoms with Crippen molar-refractivity contribution in [3.05, 3.63) is 60.2 Å². The van der Waals surface area contributed by atoms with E-state index in [1.165, 1.54) is 0 Å². The SMILES string of the molecule is CC[C@H](C(=O)NO)[C@H](C(=O)N1CCC[C@H]1C(=O)Nc1ccccc1)c1ccc(OC)cc1. The molecular weight excluding hydrogens is 410 g/mol. The Hall–Kier alpha value is -3.39. The highest BCUT2D eigenvalue weighted by Crippen LogP contribution is 2.33. The molecule has 170 valence electrons. The van der Waals surface area contributed by atoms with E-state index in [0.717, 1.165) is 0 Å². The quantitative estimate of drug-likeness (QED) is 0.433. The lowest BCUT2D eigenvalue weighted by molar-refractivity contribution is -0.144. The lowest BCUT2D eigenvalue weighted by Gasteiger charge is -2.31. The Kier molecular flexibility index (Phi) is 7.83. The highest BCUT2D eigenvalue weighted by atomic mass is 16.5. The first-order chi connectivity index (χ1) is 15.5. The predicted octanol–water partition coefficient (Wildman–Crippen LogP) is 2.94. The minimum atomic E-state index is -0.844. The van der Waals surface area contributed by atoms with Gasteiger partial charge in [0.25, 0.3) is 0 Å². The van der Waals surface area contributed by atoms with Crippen LogP contribution in [0, 0.1) is 5.92 Å². The van der Waals surface area contributed by atoms with Crippen LogP contribution in [0.25, 0.3) is 0 Å². The molecule has 2 aromatic carbocycles. The van der Waals surface area contributed by atoms with Crippen molar-refractivity contribution in [1.29, 1.82) is 0 Å². The molecule has 8 nitrogen and oxygen atoms in total. The van der Waals surface area contributed by atoms with Crippen molar-refractivity contribution < 1.29 is 24.3 Å². The van der Waals surface area contributed by atoms with Crippen molar-refractivity contribution in [3.63, 3.8) is 0 Å². The fourth-order valence-electron chi connectivity index (χ4n) is 4.24. The van der Waals surface area contributed by atoms with Gasteiger partial charge < -0.3 is 15.0 Å². The number of para-hydroxylation sites is 1. The van der Waals surface area contributed by atoms with Gasteiger partial charge in [-0.15, -0.1) is 0 Å². The molecule has 2 aromatic rings. The first-order valence-corrected chi connectivity index (χ1v) is 10.7. The Labute approximate surface area is 187 Å². The van der Waals surface area contributed by atoms with Gasteiger partial charge in [-0.05, 0) is 49.1 Å². The number of hydrogen-bond donors (Lipinski definition) is 3. The Morgan fingerprint density at radius 2 is 1.81 bits per heavy atom. The molecule has 3 N–H and O–H groups in total. The van der Waals surface area contributed by atoms with E-state index in [0.29, 0.717) is 42.8 Å². The van der Waals surface area contributed by atoms with Crippen LogP contribution in [0.2, 0.25) is 0 Å². The average molecular weight is 440 g/mol. The Bertz CT molecular complexity index is 932. The molecule has 32 heavy (non-hydrogen) atoms. The Balaban J connectivity index is 1.89. The number of anilines is 1. The molecule has 1 saturated heterocycles. The largest absolute Gasteiger partial charge is 0.497 e. The van der Waals surface area contributed by atoms with Crippen LogP contribution in [0.1, 0.15) is 37.7 Å². The third kappa shape index (κ3) is 5.08. The number of rotatable bonds is 8. The molecule has 3 amide bonds. The van der Waals surface area contributed by atoms with Gasteiger partial charge in [-0.25, -0.2) is 5.48 Å². The molecule has 8 heteroatoms. The smallest absolute Gasteiger partial charge is 0.247 e. The molecule has 3 atom stereocenters. The van der Waals surface area contributed by atoms with Crippen LogP contribution < -0.4 is 15.5 Å². The monoisotopic (exact) mass is 439 g/mol. The van der Waals surface area contributed by atoms with Gasteiger partial charge in [0, 0.05) is 12.2 Å². The number of methoxy groups -OCH3 is 1. The van der Waals surface area contributed by atoms with E-state index in [4.69, 9.17) is 4.74 Å². The molecule has 0 saturated carbocycles. The standard InChI is InChI=1S/C24H29N3O5/c1-3-19(22(28)26-31)21(16-11-13-18(32-2)14-12-16)24(30)27-15-7-10-20(27)23(29)25-17-8-5-4-6-9-17/h4-6,8-9,11-14,19-21,31H,3,7,10,15H2,1-2H3,(H,25,29)(H,26,28)/t19-,20-,21+/m0/s1. The molecule has 0 bridgehead atoms. The van der Waals surface area contributed by atoms with Gasteiger partial charge in [0.1, 0.15) is 11.8 Å². The van der Waals surface area contributed by atoms with Gasteiger partial charge in [0.05, 0.1) is 18.9 Å². The number of ether oxygens (including phenoxy) is 1. The van der Waals surface area contributed by atoms with Crippen LogP contribution >= 0.6 is 0 Å². The van der Waals surface area contributed by atoms with Crippen LogP contribution in [0.5, 0.6) is 5.75 Å². The molecule has 0 spiro atoms. The normalized spacial score (nSPS) is 17.3. The summed E-state index contributed by atoms with van der Waals surface area (Å²) < 4.78 is 5.20. The molecule has 0 aliphatic carbocycles. The van der Waals surface area contributed by atoms with E-state index < -0.39 is 23.8 Å². The summed E-state index contributed by atoms with van der Waals surface area (Å²) in [7, 11) is 1.55. The van der Waals surface area contributed by atoms with Crippen LogP contribution in [0.3, 0.4) is 0 Å². The highest BCUT2D eigenvalue weighted by Gasteiger charge is 2.42. The number of nitrogens with zero attached hydrogens (tertiary/aromatic N) is 1. The van der Waals surface area contributed by atoms with Gasteiger partial charge in [-0.3, -0.25) is 19.6 Å². The topological polar surface area (TPSA) is 108 Å². The summed E-state index contributed by atoms with van der Waals surface area (Å²) in [5, 5.41) is 12.1. The maximum atomic E-state index is 13.7. The van der Waals surface area contributed by atoms with E-state index in [1.54, 1.807) is 60.8 Å². The van der Waals surface area contributed by atoms with Crippen LogP contribution in [-0.2, 0) is 14.4 Å². The van der Waals surface area contributed by atoms with E-state index in [9.17, 15) is 19.6 Å². The lowest BCUT2D eigenvalue weighted by Crippen LogP contribution is -2.48. The summed E-state index contributed by atoms with van der Waals surface area (Å²) in [5.74, 6) is -2.21. The minimum Gasteiger partial charge on any atom is -0.497 e. The molecule has 0 unspecified atom stereocenters. The van der Waals surface area contributed by atoms with E-state index in [2.05, 4.69) is 5.32 Å². The highest BCUT2D eigenvalue weighted by molar-refractivity contribution is 5.99. The number of nitrogens with one attached hydrogen (secondary N) is 2. The number of carbonyl (C=O) groups is 3. The Morgan fingerprint density at radius 1 is 1.12 bits per heavy atom. The first kappa shape index (κ1) is 23.3. The van der Waals surface area contributed by atoms with Gasteiger partial charge >= 0.3 is 0 Å². The summed E-state index contributed by atoms with van der Waals surface area (Å²) in [5.41, 5.74) is 2.97. The fourth-order valence-corrected chi connectivity index (χ4v) is 4.24. The van der Waals surface area contributed by atoms with Crippen LogP contribution in [0.4, 0.5) is 5.69 Å². The van der Waals surface area contributed by atoms with E-state index >= 15 is 0 Å². The predicted molar refractivity (Wildman–Crippen MR) is 119 cm³/mol. The molecule has 0 radical (unpaired) electrons. The minimum absolute atomic E-state index is 0.254. The number of hydrogen-bond acceptors (Lipinski definition) is 5. The second-order valence-electron chi connectivity index (χ2n) is 7.79. The van der Waals surface area contributed by atoms with Gasteiger partial charge in [-0.1, -0.05) is 37.3 Å². The molecule has 1 aliphatic rings. The van der Waals surface area contributed by atoms with Crippen LogP contribution in [-0.4, -0.2) is 47.5 Å². The zero-order valence-electron chi connectivity index (χ0n) is 18.3. The summed E-state index contributed by atoms with van der Waals surface area (Å²) in [4.78, 5) is 40.7. The van der Waals surface area contributed by atoms with Crippen molar-refractivity contribution in [2.75, 3.05) is 19.0 Å². The number of hydroxylamine groups is 1. The molecule has 1 heterocycles. The second-order valence-corrected chi connectivity index (χ2v) is 7.79. The summed E-state index contributed by atoms with van der Waals surface area (Å²) in [6.07, 6.45) is 1.57. The molecule has 1 fully saturated rings. The van der Waals surface area contributed by atoms with E-state index in [-0.39, 0.29) is 11.8 Å². The molecular formula is C24H29N3O5. The third-order valence-electron chi connectivity index (χ3n) is 5.91. The maximum absolute atomic E-state index is 13.7. The average Bonchev–Trinajstić information content (AvgIpc) is 3.32. The summed E-state index contributed by atoms with van der Waals surface area (Å²) in [6, 6.07) is 15.4. The van der Waals surface area contributed by atoms with Crippen molar-refractivity contribution in [2.45, 2.75) is 38.1 Å². The zero-order chi connectivity index (χ0) is 23.1. The number of amides is 3. The fraction of sp³-hybridized carbons (Fsp3) is 0.375.